The summed E-state index contributed by atoms with van der Waals surface area (Å²) in [6.07, 6.45) is 9.79. The molecule has 0 spiro atoms. The molecule has 1 aromatic carbocycles. The SMILES string of the molecule is C=CCc1c(CC)nc(-c2cc(/C=C/CCC)cs2)nc1Nc1ccc(C(=O)O)cc1. The largest absolute Gasteiger partial charge is 0.478 e. The second-order valence-corrected chi connectivity index (χ2v) is 8.02. The molecule has 5 nitrogen and oxygen atoms in total. The van der Waals surface area contributed by atoms with Gasteiger partial charge in [0.05, 0.1) is 10.4 Å². The van der Waals surface area contributed by atoms with Crippen molar-refractivity contribution < 1.29 is 9.90 Å². The lowest BCUT2D eigenvalue weighted by atomic mass is 10.1. The van der Waals surface area contributed by atoms with Crippen molar-refractivity contribution in [3.63, 3.8) is 0 Å². The summed E-state index contributed by atoms with van der Waals surface area (Å²) in [5.74, 6) is 0.466. The highest BCUT2D eigenvalue weighted by atomic mass is 32.1. The lowest BCUT2D eigenvalue weighted by Gasteiger charge is -2.15. The summed E-state index contributed by atoms with van der Waals surface area (Å²) in [7, 11) is 0. The molecular weight excluding hydrogens is 406 g/mol. The summed E-state index contributed by atoms with van der Waals surface area (Å²) < 4.78 is 0. The van der Waals surface area contributed by atoms with Gasteiger partial charge in [-0.2, -0.15) is 0 Å². The number of carboxylic acids is 1. The van der Waals surface area contributed by atoms with E-state index >= 15 is 0 Å². The number of nitrogens with one attached hydrogen (secondary N) is 1. The van der Waals surface area contributed by atoms with Crippen LogP contribution in [0.2, 0.25) is 0 Å². The molecule has 0 aliphatic carbocycles. The van der Waals surface area contributed by atoms with Crippen molar-refractivity contribution in [2.45, 2.75) is 39.5 Å². The minimum Gasteiger partial charge on any atom is -0.478 e. The van der Waals surface area contributed by atoms with Gasteiger partial charge in [0.2, 0.25) is 0 Å². The predicted octanol–water partition coefficient (Wildman–Crippen LogP) is 6.75. The van der Waals surface area contributed by atoms with Gasteiger partial charge >= 0.3 is 5.97 Å². The van der Waals surface area contributed by atoms with Crippen molar-refractivity contribution in [3.8, 4) is 10.7 Å². The Morgan fingerprint density at radius 3 is 2.65 bits per heavy atom. The van der Waals surface area contributed by atoms with Gasteiger partial charge in [0.15, 0.2) is 5.82 Å². The maximum absolute atomic E-state index is 11.1. The zero-order valence-electron chi connectivity index (χ0n) is 17.9. The molecule has 6 heteroatoms. The van der Waals surface area contributed by atoms with E-state index in [1.54, 1.807) is 35.6 Å². The van der Waals surface area contributed by atoms with Crippen LogP contribution in [0.1, 0.15) is 53.9 Å². The van der Waals surface area contributed by atoms with Crippen LogP contribution in [0.5, 0.6) is 0 Å². The first-order chi connectivity index (χ1) is 15.0. The molecule has 0 bridgehead atoms. The minimum absolute atomic E-state index is 0.247. The molecule has 2 aromatic heterocycles. The first-order valence-corrected chi connectivity index (χ1v) is 11.3. The van der Waals surface area contributed by atoms with Crippen LogP contribution in [0.25, 0.3) is 16.8 Å². The van der Waals surface area contributed by atoms with Crippen molar-refractivity contribution in [2.24, 2.45) is 0 Å². The number of benzene rings is 1. The number of anilines is 2. The lowest BCUT2D eigenvalue weighted by molar-refractivity contribution is 0.0697. The van der Waals surface area contributed by atoms with Crippen LogP contribution in [0, 0.1) is 0 Å². The summed E-state index contributed by atoms with van der Waals surface area (Å²) in [6, 6.07) is 8.76. The van der Waals surface area contributed by atoms with Crippen molar-refractivity contribution in [3.05, 3.63) is 76.8 Å². The van der Waals surface area contributed by atoms with Gasteiger partial charge in [0.25, 0.3) is 0 Å². The number of rotatable bonds is 10. The summed E-state index contributed by atoms with van der Waals surface area (Å²) in [5.41, 5.74) is 4.16. The number of nitrogens with zero attached hydrogens (tertiary/aromatic N) is 2. The van der Waals surface area contributed by atoms with Gasteiger partial charge in [-0.05, 0) is 60.5 Å². The first kappa shape index (κ1) is 22.4. The molecule has 0 saturated heterocycles. The van der Waals surface area contributed by atoms with Gasteiger partial charge in [0, 0.05) is 16.9 Å². The fourth-order valence-electron chi connectivity index (χ4n) is 3.17. The molecule has 3 rings (SSSR count). The molecule has 2 N–H and O–H groups in total. The van der Waals surface area contributed by atoms with E-state index in [4.69, 9.17) is 15.1 Å². The van der Waals surface area contributed by atoms with Crippen LogP contribution in [0.15, 0.2) is 54.4 Å². The van der Waals surface area contributed by atoms with E-state index in [1.165, 1.54) is 0 Å². The third-order valence-electron chi connectivity index (χ3n) is 4.78. The number of carboxylic acid groups (broad SMARTS) is 1. The maximum Gasteiger partial charge on any atom is 0.335 e. The highest BCUT2D eigenvalue weighted by Crippen LogP contribution is 2.30. The third kappa shape index (κ3) is 5.67. The molecule has 3 aromatic rings. The van der Waals surface area contributed by atoms with Gasteiger partial charge in [-0.1, -0.05) is 38.5 Å². The smallest absolute Gasteiger partial charge is 0.335 e. The Hall–Kier alpha value is -3.25. The molecule has 160 valence electrons. The van der Waals surface area contributed by atoms with Crippen molar-refractivity contribution in [1.82, 2.24) is 9.97 Å². The Morgan fingerprint density at radius 2 is 2.00 bits per heavy atom. The Bertz CT molecular complexity index is 1080. The maximum atomic E-state index is 11.1. The number of carbonyl (C=O) groups is 1. The number of aryl methyl sites for hydroxylation is 1. The van der Waals surface area contributed by atoms with Crippen molar-refractivity contribution >= 4 is 34.9 Å². The van der Waals surface area contributed by atoms with Crippen LogP contribution in [0.3, 0.4) is 0 Å². The number of unbranched alkanes of at least 4 members (excludes halogenated alkanes) is 1. The van der Waals surface area contributed by atoms with E-state index in [1.807, 2.05) is 6.08 Å². The molecule has 0 atom stereocenters. The fourth-order valence-corrected chi connectivity index (χ4v) is 3.98. The van der Waals surface area contributed by atoms with Crippen LogP contribution in [-0.2, 0) is 12.8 Å². The van der Waals surface area contributed by atoms with E-state index in [0.717, 1.165) is 52.5 Å². The van der Waals surface area contributed by atoms with E-state index in [9.17, 15) is 4.79 Å². The van der Waals surface area contributed by atoms with Gasteiger partial charge in [-0.25, -0.2) is 14.8 Å². The number of allylic oxidation sites excluding steroid dienone is 2. The molecule has 0 aliphatic heterocycles. The molecular formula is C25H27N3O2S. The van der Waals surface area contributed by atoms with E-state index in [2.05, 4.69) is 49.3 Å². The minimum atomic E-state index is -0.946. The molecule has 31 heavy (non-hydrogen) atoms. The lowest BCUT2D eigenvalue weighted by Crippen LogP contribution is -2.07. The molecule has 0 aliphatic rings. The number of hydrogen-bond acceptors (Lipinski definition) is 5. The first-order valence-electron chi connectivity index (χ1n) is 10.4. The third-order valence-corrected chi connectivity index (χ3v) is 5.72. The van der Waals surface area contributed by atoms with Gasteiger partial charge in [0.1, 0.15) is 5.82 Å². The average Bonchev–Trinajstić information content (AvgIpc) is 3.24. The zero-order chi connectivity index (χ0) is 22.2. The summed E-state index contributed by atoms with van der Waals surface area (Å²) in [4.78, 5) is 21.8. The summed E-state index contributed by atoms with van der Waals surface area (Å²) in [5, 5.41) is 14.6. The molecule has 0 amide bonds. The van der Waals surface area contributed by atoms with Gasteiger partial charge in [-0.3, -0.25) is 0 Å². The molecule has 0 radical (unpaired) electrons. The Labute approximate surface area is 187 Å². The van der Waals surface area contributed by atoms with Crippen LogP contribution in [0.4, 0.5) is 11.5 Å². The second-order valence-electron chi connectivity index (χ2n) is 7.11. The monoisotopic (exact) mass is 433 g/mol. The van der Waals surface area contributed by atoms with E-state index < -0.39 is 5.97 Å². The normalized spacial score (nSPS) is 11.0. The second kappa shape index (κ2) is 10.7. The van der Waals surface area contributed by atoms with Gasteiger partial charge in [-0.15, -0.1) is 17.9 Å². The number of aromatic carboxylic acids is 1. The van der Waals surface area contributed by atoms with Crippen LogP contribution < -0.4 is 5.32 Å². The van der Waals surface area contributed by atoms with E-state index in [0.29, 0.717) is 12.2 Å². The number of hydrogen-bond donors (Lipinski definition) is 2. The quantitative estimate of drug-likeness (QED) is 0.346. The zero-order valence-corrected chi connectivity index (χ0v) is 18.7. The van der Waals surface area contributed by atoms with Gasteiger partial charge < -0.3 is 10.4 Å². The van der Waals surface area contributed by atoms with Crippen molar-refractivity contribution in [2.75, 3.05) is 5.32 Å². The standard InChI is InChI=1S/C25H27N3O2S/c1-4-7-8-10-17-15-22(31-16-17)24-27-21(6-3)20(9-5-2)23(28-24)26-19-13-11-18(12-14-19)25(29)30/h5,8,10-16H,2,4,6-7,9H2,1,3H3,(H,29,30)(H,26,27,28)/b10-8+. The summed E-state index contributed by atoms with van der Waals surface area (Å²) in [6.45, 7) is 8.12. The molecule has 2 heterocycles. The molecule has 0 unspecified atom stereocenters. The predicted molar refractivity (Wildman–Crippen MR) is 129 cm³/mol. The fraction of sp³-hybridized carbons (Fsp3) is 0.240. The van der Waals surface area contributed by atoms with E-state index in [-0.39, 0.29) is 5.56 Å². The number of thiophene rings is 1. The Balaban J connectivity index is 1.98. The Morgan fingerprint density at radius 1 is 1.23 bits per heavy atom. The van der Waals surface area contributed by atoms with Crippen LogP contribution in [-0.4, -0.2) is 21.0 Å². The summed E-state index contributed by atoms with van der Waals surface area (Å²) >= 11 is 1.63. The highest BCUT2D eigenvalue weighted by molar-refractivity contribution is 7.13. The Kier molecular flexibility index (Phi) is 7.73. The average molecular weight is 434 g/mol. The molecule has 0 saturated carbocycles. The van der Waals surface area contributed by atoms with Crippen LogP contribution >= 0.6 is 11.3 Å². The molecule has 0 fully saturated rings. The highest BCUT2D eigenvalue weighted by Gasteiger charge is 2.15. The van der Waals surface area contributed by atoms with Crippen molar-refractivity contribution in [1.29, 1.82) is 0 Å². The number of aromatic nitrogens is 2. The topological polar surface area (TPSA) is 75.1 Å².